The van der Waals surface area contributed by atoms with Crippen LogP contribution in [0.3, 0.4) is 0 Å². The maximum Gasteiger partial charge on any atom is 0.240 e. The Morgan fingerprint density at radius 2 is 1.18 bits per heavy atom. The number of anilines is 3. The van der Waals surface area contributed by atoms with Gasteiger partial charge in [0.2, 0.25) is 10.0 Å². The molecule has 0 aliphatic carbocycles. The van der Waals surface area contributed by atoms with Crippen molar-refractivity contribution in [3.05, 3.63) is 120 Å². The van der Waals surface area contributed by atoms with Crippen molar-refractivity contribution in [2.24, 2.45) is 5.14 Å². The second-order valence-electron chi connectivity index (χ2n) is 7.98. The average Bonchev–Trinajstić information content (AvgIpc) is 2.85. The Hall–Kier alpha value is -3.65. The van der Waals surface area contributed by atoms with E-state index >= 15 is 0 Å². The summed E-state index contributed by atoms with van der Waals surface area (Å²) >= 11 is 0. The normalized spacial score (nSPS) is 11.2. The first-order valence-electron chi connectivity index (χ1n) is 11.0. The zero-order valence-electron chi connectivity index (χ0n) is 18.7. The number of nitrogens with one attached hydrogen (secondary N) is 3. The summed E-state index contributed by atoms with van der Waals surface area (Å²) in [5.74, 6) is 0. The Morgan fingerprint density at radius 1 is 0.647 bits per heavy atom. The lowest BCUT2D eigenvalue weighted by Crippen LogP contribution is -2.18. The number of nitrogens with two attached hydrogens (primary N) is 1. The van der Waals surface area contributed by atoms with Crippen LogP contribution in [0.1, 0.15) is 16.7 Å². The molecule has 0 aromatic heterocycles. The summed E-state index contributed by atoms with van der Waals surface area (Å²) in [4.78, 5) is 0.0472. The zero-order valence-corrected chi connectivity index (χ0v) is 19.6. The molecule has 4 aromatic rings. The molecule has 4 rings (SSSR count). The number of rotatable bonds is 10. The van der Waals surface area contributed by atoms with Gasteiger partial charge in [0, 0.05) is 25.3 Å². The number of benzene rings is 4. The number of sulfonamides is 1. The Bertz CT molecular complexity index is 1310. The maximum absolute atomic E-state index is 12.6. The average molecular weight is 473 g/mol. The zero-order chi connectivity index (χ0) is 23.8. The minimum absolute atomic E-state index is 0.0472. The molecule has 5 N–H and O–H groups in total. The van der Waals surface area contributed by atoms with Crippen LogP contribution in [0, 0.1) is 0 Å². The van der Waals surface area contributed by atoms with E-state index < -0.39 is 10.0 Å². The first-order valence-corrected chi connectivity index (χ1v) is 12.6. The molecule has 0 saturated carbocycles. The molecule has 0 unspecified atom stereocenters. The number of para-hydroxylation sites is 1. The maximum atomic E-state index is 12.6. The summed E-state index contributed by atoms with van der Waals surface area (Å²) in [5.41, 5.74) is 4.91. The Balaban J connectivity index is 1.66. The van der Waals surface area contributed by atoms with E-state index in [-0.39, 0.29) is 4.90 Å². The molecule has 0 radical (unpaired) electrons. The molecule has 0 spiro atoms. The minimum Gasteiger partial charge on any atom is -0.379 e. The van der Waals surface area contributed by atoms with Gasteiger partial charge < -0.3 is 16.0 Å². The van der Waals surface area contributed by atoms with Gasteiger partial charge in [-0.2, -0.15) is 0 Å². The molecular formula is C27H28N4O2S. The highest BCUT2D eigenvalue weighted by Crippen LogP contribution is 2.34. The van der Waals surface area contributed by atoms with Gasteiger partial charge in [-0.05, 0) is 41.0 Å². The highest BCUT2D eigenvalue weighted by molar-refractivity contribution is 7.89. The fourth-order valence-electron chi connectivity index (χ4n) is 3.67. The third-order valence-electron chi connectivity index (χ3n) is 5.34. The van der Waals surface area contributed by atoms with Gasteiger partial charge in [0.1, 0.15) is 4.90 Å². The van der Waals surface area contributed by atoms with Gasteiger partial charge in [-0.3, -0.25) is 0 Å². The Labute approximate surface area is 200 Å². The summed E-state index contributed by atoms with van der Waals surface area (Å²) in [6.45, 7) is 1.70. The van der Waals surface area contributed by atoms with Crippen LogP contribution in [0.5, 0.6) is 0 Å². The molecule has 0 aliphatic heterocycles. The van der Waals surface area contributed by atoms with Crippen molar-refractivity contribution < 1.29 is 8.42 Å². The molecular weight excluding hydrogens is 444 g/mol. The van der Waals surface area contributed by atoms with Crippen LogP contribution in [-0.2, 0) is 29.7 Å². The molecule has 0 fully saturated rings. The van der Waals surface area contributed by atoms with Crippen LogP contribution in [0.15, 0.2) is 108 Å². The van der Waals surface area contributed by atoms with E-state index in [1.54, 1.807) is 6.07 Å². The highest BCUT2D eigenvalue weighted by atomic mass is 32.2. The molecule has 0 aliphatic rings. The van der Waals surface area contributed by atoms with Crippen molar-refractivity contribution in [2.75, 3.05) is 10.6 Å². The van der Waals surface area contributed by atoms with Crippen molar-refractivity contribution >= 4 is 27.1 Å². The number of hydrogen-bond acceptors (Lipinski definition) is 5. The molecule has 4 aromatic carbocycles. The van der Waals surface area contributed by atoms with Crippen molar-refractivity contribution in [2.45, 2.75) is 24.5 Å². The second-order valence-corrected chi connectivity index (χ2v) is 9.51. The topological polar surface area (TPSA) is 96.2 Å². The van der Waals surface area contributed by atoms with Gasteiger partial charge in [-0.15, -0.1) is 0 Å². The largest absolute Gasteiger partial charge is 0.379 e. The number of hydrogen-bond donors (Lipinski definition) is 4. The SMILES string of the molecule is NS(=O)(=O)c1cc(CNCc2ccccc2)cc(NCc2ccccc2)c1Nc1ccccc1. The van der Waals surface area contributed by atoms with Crippen LogP contribution in [0.25, 0.3) is 0 Å². The van der Waals surface area contributed by atoms with E-state index in [1.165, 1.54) is 0 Å². The monoisotopic (exact) mass is 472 g/mol. The van der Waals surface area contributed by atoms with Gasteiger partial charge in [0.05, 0.1) is 11.4 Å². The minimum atomic E-state index is -3.99. The summed E-state index contributed by atoms with van der Waals surface area (Å²) in [5, 5.41) is 15.7. The van der Waals surface area contributed by atoms with Crippen molar-refractivity contribution in [3.63, 3.8) is 0 Å². The molecule has 0 heterocycles. The Morgan fingerprint density at radius 3 is 1.76 bits per heavy atom. The van der Waals surface area contributed by atoms with Crippen LogP contribution in [0.4, 0.5) is 17.1 Å². The Kier molecular flexibility index (Phi) is 7.59. The van der Waals surface area contributed by atoms with Crippen molar-refractivity contribution in [3.8, 4) is 0 Å². The summed E-state index contributed by atoms with van der Waals surface area (Å²) < 4.78 is 25.2. The lowest BCUT2D eigenvalue weighted by Gasteiger charge is -2.19. The first-order chi connectivity index (χ1) is 16.5. The van der Waals surface area contributed by atoms with Gasteiger partial charge in [-0.1, -0.05) is 78.9 Å². The molecule has 174 valence electrons. The van der Waals surface area contributed by atoms with E-state index in [0.29, 0.717) is 31.0 Å². The van der Waals surface area contributed by atoms with Gasteiger partial charge in [-0.25, -0.2) is 13.6 Å². The molecule has 0 amide bonds. The predicted octanol–water partition coefficient (Wildman–Crippen LogP) is 4.98. The molecule has 7 heteroatoms. The van der Waals surface area contributed by atoms with E-state index in [4.69, 9.17) is 5.14 Å². The summed E-state index contributed by atoms with van der Waals surface area (Å²) in [6.07, 6.45) is 0. The van der Waals surface area contributed by atoms with E-state index in [2.05, 4.69) is 16.0 Å². The van der Waals surface area contributed by atoms with Crippen LogP contribution in [0.2, 0.25) is 0 Å². The standard InChI is InChI=1S/C27H28N4O2S/c28-34(32,33)26-17-23(19-29-18-21-10-4-1-5-11-21)16-25(30-20-22-12-6-2-7-13-22)27(26)31-24-14-8-3-9-15-24/h1-17,29-31H,18-20H2,(H2,28,32,33). The van der Waals surface area contributed by atoms with Crippen molar-refractivity contribution in [1.29, 1.82) is 0 Å². The van der Waals surface area contributed by atoms with Crippen LogP contribution in [-0.4, -0.2) is 8.42 Å². The van der Waals surface area contributed by atoms with E-state index in [0.717, 1.165) is 22.4 Å². The molecule has 34 heavy (non-hydrogen) atoms. The molecule has 0 bridgehead atoms. The smallest absolute Gasteiger partial charge is 0.240 e. The van der Waals surface area contributed by atoms with E-state index in [1.807, 2.05) is 97.1 Å². The lowest BCUT2D eigenvalue weighted by molar-refractivity contribution is 0.597. The number of primary sulfonamides is 1. The van der Waals surface area contributed by atoms with Crippen molar-refractivity contribution in [1.82, 2.24) is 5.32 Å². The fraction of sp³-hybridized carbons (Fsp3) is 0.111. The third-order valence-corrected chi connectivity index (χ3v) is 6.27. The molecule has 0 saturated heterocycles. The molecule has 6 nitrogen and oxygen atoms in total. The van der Waals surface area contributed by atoms with Gasteiger partial charge in [0.15, 0.2) is 0 Å². The fourth-order valence-corrected chi connectivity index (χ4v) is 4.43. The third kappa shape index (κ3) is 6.45. The summed E-state index contributed by atoms with van der Waals surface area (Å²) in [6, 6.07) is 33.0. The van der Waals surface area contributed by atoms with Crippen LogP contribution >= 0.6 is 0 Å². The van der Waals surface area contributed by atoms with Crippen LogP contribution < -0.4 is 21.1 Å². The van der Waals surface area contributed by atoms with Gasteiger partial charge >= 0.3 is 0 Å². The lowest BCUT2D eigenvalue weighted by atomic mass is 10.1. The first kappa shape index (κ1) is 23.5. The quantitative estimate of drug-likeness (QED) is 0.261. The predicted molar refractivity (Wildman–Crippen MR) is 138 cm³/mol. The molecule has 0 atom stereocenters. The highest BCUT2D eigenvalue weighted by Gasteiger charge is 2.20. The second kappa shape index (κ2) is 11.0. The van der Waals surface area contributed by atoms with Gasteiger partial charge in [0.25, 0.3) is 0 Å². The summed E-state index contributed by atoms with van der Waals surface area (Å²) in [7, 11) is -3.99. The van der Waals surface area contributed by atoms with E-state index in [9.17, 15) is 8.42 Å².